The second kappa shape index (κ2) is 12.2. The maximum Gasteiger partial charge on any atom is 0.416 e. The van der Waals surface area contributed by atoms with Gasteiger partial charge in [0.05, 0.1) is 26.8 Å². The molecule has 1 atom stereocenters. The van der Waals surface area contributed by atoms with Crippen molar-refractivity contribution in [3.8, 4) is 0 Å². The largest absolute Gasteiger partial charge is 0.416 e. The molecule has 0 aliphatic heterocycles. The number of likely N-dealkylation sites (N-methyl/N-ethyl adjacent to an activating group) is 1. The number of benzene rings is 2. The third kappa shape index (κ3) is 6.78. The Morgan fingerprint density at radius 3 is 2.51 bits per heavy atom. The number of alkyl halides is 3. The Kier molecular flexibility index (Phi) is 9.41. The van der Waals surface area contributed by atoms with E-state index < -0.39 is 23.7 Å². The lowest BCUT2D eigenvalue weighted by molar-refractivity contribution is -0.137. The number of thiazole rings is 1. The topological polar surface area (TPSA) is 118 Å². The van der Waals surface area contributed by atoms with E-state index in [1.54, 1.807) is 43.9 Å². The van der Waals surface area contributed by atoms with Crippen LogP contribution in [0, 0.1) is 0 Å². The quantitative estimate of drug-likeness (QED) is 0.246. The van der Waals surface area contributed by atoms with Crippen LogP contribution < -0.4 is 16.4 Å². The number of unbranched alkanes of at least 4 members (excludes halogenated alkanes) is 1. The smallest absolute Gasteiger partial charge is 0.347 e. The highest BCUT2D eigenvalue weighted by Gasteiger charge is 2.31. The molecule has 0 fully saturated rings. The second-order valence-electron chi connectivity index (χ2n) is 9.07. The predicted molar refractivity (Wildman–Crippen MR) is 149 cm³/mol. The van der Waals surface area contributed by atoms with Gasteiger partial charge in [0, 0.05) is 26.7 Å². The van der Waals surface area contributed by atoms with E-state index in [9.17, 15) is 22.8 Å². The number of hydrogen-bond acceptors (Lipinski definition) is 7. The first-order valence-electron chi connectivity index (χ1n) is 11.9. The fourth-order valence-corrected chi connectivity index (χ4v) is 4.91. The van der Waals surface area contributed by atoms with E-state index in [2.05, 4.69) is 20.6 Å². The summed E-state index contributed by atoms with van der Waals surface area (Å²) < 4.78 is 41.3. The Hall–Kier alpha value is -3.42. The zero-order valence-electron chi connectivity index (χ0n) is 21.5. The molecule has 2 amide bonds. The molecule has 14 heteroatoms. The van der Waals surface area contributed by atoms with Gasteiger partial charge < -0.3 is 25.8 Å². The molecule has 0 aliphatic carbocycles. The SMILES string of the molecule is CN(C)C(=O)[C@H](CCCCN)NC(=O)c1ccc2c(c1)nc(Nc1nc3ccc(C(F)(F)F)cc3s1)n2C.Cl. The second-order valence-corrected chi connectivity index (χ2v) is 10.1. The fraction of sp³-hybridized carbons (Fsp3) is 0.360. The first-order chi connectivity index (χ1) is 18.0. The number of imidazole rings is 1. The molecule has 4 aromatic rings. The number of nitrogens with one attached hydrogen (secondary N) is 2. The van der Waals surface area contributed by atoms with Crippen LogP contribution in [-0.2, 0) is 18.0 Å². The van der Waals surface area contributed by atoms with Crippen LogP contribution in [-0.4, -0.2) is 57.9 Å². The first kappa shape index (κ1) is 30.1. The summed E-state index contributed by atoms with van der Waals surface area (Å²) in [4.78, 5) is 35.9. The van der Waals surface area contributed by atoms with Crippen LogP contribution in [0.15, 0.2) is 36.4 Å². The van der Waals surface area contributed by atoms with Crippen LogP contribution in [0.4, 0.5) is 24.3 Å². The summed E-state index contributed by atoms with van der Waals surface area (Å²) in [6, 6.07) is 7.76. The molecule has 210 valence electrons. The zero-order valence-corrected chi connectivity index (χ0v) is 23.1. The molecule has 0 saturated carbocycles. The van der Waals surface area contributed by atoms with Crippen molar-refractivity contribution in [2.75, 3.05) is 26.0 Å². The summed E-state index contributed by atoms with van der Waals surface area (Å²) in [5, 5.41) is 6.27. The van der Waals surface area contributed by atoms with Crippen molar-refractivity contribution in [3.63, 3.8) is 0 Å². The normalized spacial score (nSPS) is 12.3. The number of hydrogen-bond donors (Lipinski definition) is 3. The number of aryl methyl sites for hydroxylation is 1. The molecular weight excluding hydrogens is 555 g/mol. The molecule has 2 heterocycles. The molecule has 0 unspecified atom stereocenters. The number of nitrogens with two attached hydrogens (primary N) is 1. The van der Waals surface area contributed by atoms with E-state index in [1.165, 1.54) is 11.0 Å². The molecule has 2 aromatic carbocycles. The maximum absolute atomic E-state index is 13.0. The van der Waals surface area contributed by atoms with E-state index in [1.807, 2.05) is 0 Å². The van der Waals surface area contributed by atoms with Crippen molar-refractivity contribution in [1.29, 1.82) is 0 Å². The number of carbonyl (C=O) groups excluding carboxylic acids is 2. The number of carbonyl (C=O) groups is 2. The molecule has 0 spiro atoms. The van der Waals surface area contributed by atoms with Crippen molar-refractivity contribution < 1.29 is 22.8 Å². The molecule has 0 radical (unpaired) electrons. The van der Waals surface area contributed by atoms with E-state index in [-0.39, 0.29) is 18.3 Å². The molecule has 4 rings (SSSR count). The van der Waals surface area contributed by atoms with Gasteiger partial charge in [-0.1, -0.05) is 11.3 Å². The van der Waals surface area contributed by atoms with Gasteiger partial charge in [0.2, 0.25) is 11.9 Å². The molecule has 4 N–H and O–H groups in total. The standard InChI is InChI=1S/C25H28F3N7O2S.ClH/c1-34(2)22(37)17(6-4-5-11-29)30-21(36)14-7-10-19-18(12-14)31-23(35(19)3)33-24-32-16-9-8-15(25(26,27)28)13-20(16)38-24;/h7-10,12-13,17H,4-6,11,29H2,1-3H3,(H,30,36)(H,31,32,33);1H/t17-;/m0./s1. The number of rotatable bonds is 9. The Balaban J connectivity index is 0.00000420. The van der Waals surface area contributed by atoms with Gasteiger partial charge in [-0.2, -0.15) is 13.2 Å². The third-order valence-electron chi connectivity index (χ3n) is 6.07. The highest BCUT2D eigenvalue weighted by atomic mass is 35.5. The third-order valence-corrected chi connectivity index (χ3v) is 7.00. The van der Waals surface area contributed by atoms with Crippen molar-refractivity contribution in [2.24, 2.45) is 12.8 Å². The number of halogens is 4. The Morgan fingerprint density at radius 1 is 1.10 bits per heavy atom. The molecule has 0 saturated heterocycles. The number of nitrogens with zero attached hydrogens (tertiary/aromatic N) is 4. The predicted octanol–water partition coefficient (Wildman–Crippen LogP) is 4.68. The zero-order chi connectivity index (χ0) is 27.6. The average Bonchev–Trinajstić information content (AvgIpc) is 3.41. The van der Waals surface area contributed by atoms with Crippen LogP contribution in [0.25, 0.3) is 21.3 Å². The van der Waals surface area contributed by atoms with Crippen molar-refractivity contribution in [2.45, 2.75) is 31.5 Å². The van der Waals surface area contributed by atoms with Gasteiger partial charge in [-0.05, 0) is 62.2 Å². The van der Waals surface area contributed by atoms with Crippen molar-refractivity contribution in [3.05, 3.63) is 47.5 Å². The van der Waals surface area contributed by atoms with Crippen LogP contribution in [0.3, 0.4) is 0 Å². The monoisotopic (exact) mass is 583 g/mol. The molecular formula is C25H29ClF3N7O2S. The number of fused-ring (bicyclic) bond motifs is 2. The van der Waals surface area contributed by atoms with Gasteiger partial charge in [0.1, 0.15) is 6.04 Å². The van der Waals surface area contributed by atoms with E-state index in [0.717, 1.165) is 35.4 Å². The Morgan fingerprint density at radius 2 is 1.85 bits per heavy atom. The summed E-state index contributed by atoms with van der Waals surface area (Å²) in [5.41, 5.74) is 6.87. The summed E-state index contributed by atoms with van der Waals surface area (Å²) in [6.45, 7) is 0.509. The summed E-state index contributed by atoms with van der Waals surface area (Å²) >= 11 is 1.09. The Labute approximate surface area is 233 Å². The number of amides is 2. The molecule has 9 nitrogen and oxygen atoms in total. The molecule has 39 heavy (non-hydrogen) atoms. The van der Waals surface area contributed by atoms with Crippen molar-refractivity contribution >= 4 is 67.9 Å². The summed E-state index contributed by atoms with van der Waals surface area (Å²) in [6.07, 6.45) is -2.50. The molecule has 0 bridgehead atoms. The fourth-order valence-electron chi connectivity index (χ4n) is 4.01. The van der Waals surface area contributed by atoms with Crippen LogP contribution in [0.1, 0.15) is 35.2 Å². The van der Waals surface area contributed by atoms with E-state index in [0.29, 0.717) is 51.8 Å². The van der Waals surface area contributed by atoms with Crippen molar-refractivity contribution in [1.82, 2.24) is 24.8 Å². The van der Waals surface area contributed by atoms with Gasteiger partial charge in [0.25, 0.3) is 5.91 Å². The summed E-state index contributed by atoms with van der Waals surface area (Å²) in [5.74, 6) is -0.180. The number of aromatic nitrogens is 3. The first-order valence-corrected chi connectivity index (χ1v) is 12.7. The van der Waals surface area contributed by atoms with E-state index >= 15 is 0 Å². The lowest BCUT2D eigenvalue weighted by Gasteiger charge is -2.21. The number of anilines is 2. The van der Waals surface area contributed by atoms with Gasteiger partial charge in [-0.3, -0.25) is 9.59 Å². The molecule has 0 aliphatic rings. The lowest BCUT2D eigenvalue weighted by Crippen LogP contribution is -2.46. The molecule has 2 aromatic heterocycles. The van der Waals surface area contributed by atoms with Gasteiger partial charge >= 0.3 is 6.18 Å². The minimum atomic E-state index is -4.43. The maximum atomic E-state index is 13.0. The Bertz CT molecular complexity index is 1490. The average molecular weight is 584 g/mol. The minimum absolute atomic E-state index is 0. The highest BCUT2D eigenvalue weighted by Crippen LogP contribution is 2.35. The van der Waals surface area contributed by atoms with E-state index in [4.69, 9.17) is 5.73 Å². The van der Waals surface area contributed by atoms with Crippen LogP contribution in [0.2, 0.25) is 0 Å². The van der Waals surface area contributed by atoms with Gasteiger partial charge in [-0.25, -0.2) is 9.97 Å². The van der Waals surface area contributed by atoms with Gasteiger partial charge in [0.15, 0.2) is 5.13 Å². The van der Waals surface area contributed by atoms with Crippen LogP contribution >= 0.6 is 23.7 Å². The highest BCUT2D eigenvalue weighted by molar-refractivity contribution is 7.22. The minimum Gasteiger partial charge on any atom is -0.347 e. The van der Waals surface area contributed by atoms with Gasteiger partial charge in [-0.15, -0.1) is 12.4 Å². The lowest BCUT2D eigenvalue weighted by atomic mass is 10.1. The summed E-state index contributed by atoms with van der Waals surface area (Å²) in [7, 11) is 5.05. The van der Waals surface area contributed by atoms with Crippen LogP contribution in [0.5, 0.6) is 0 Å².